The summed E-state index contributed by atoms with van der Waals surface area (Å²) in [5.41, 5.74) is 0.877. The summed E-state index contributed by atoms with van der Waals surface area (Å²) in [6.07, 6.45) is -0.430. The number of carboxylic acid groups (broad SMARTS) is 1. The van der Waals surface area contributed by atoms with Crippen molar-refractivity contribution in [2.45, 2.75) is 32.4 Å². The summed E-state index contributed by atoms with van der Waals surface area (Å²) in [5, 5.41) is 22.2. The molecule has 0 aliphatic carbocycles. The van der Waals surface area contributed by atoms with Crippen molar-refractivity contribution in [2.24, 2.45) is 0 Å². The van der Waals surface area contributed by atoms with Crippen LogP contribution >= 0.6 is 11.3 Å². The molecule has 3 N–H and O–H groups in total. The predicted octanol–water partition coefficient (Wildman–Crippen LogP) is 0.874. The lowest BCUT2D eigenvalue weighted by atomic mass is 10.1. The van der Waals surface area contributed by atoms with Gasteiger partial charge in [-0.1, -0.05) is 6.92 Å². The van der Waals surface area contributed by atoms with Gasteiger partial charge in [0.2, 0.25) is 0 Å². The van der Waals surface area contributed by atoms with Crippen LogP contribution in [0.3, 0.4) is 0 Å². The molecule has 0 unspecified atom stereocenters. The molecule has 0 saturated carbocycles. The number of aliphatic hydroxyl groups is 1. The maximum Gasteiger partial charge on any atom is 0.328 e. The van der Waals surface area contributed by atoms with Crippen LogP contribution in [-0.4, -0.2) is 34.2 Å². The number of nitrogens with one attached hydrogen (secondary N) is 1. The Labute approximate surface area is 103 Å². The monoisotopic (exact) mass is 257 g/mol. The summed E-state index contributed by atoms with van der Waals surface area (Å²) in [6.45, 7) is 3.25. The number of aryl methyl sites for hydroxylation is 1. The first-order chi connectivity index (χ1) is 7.97. The normalized spacial score (nSPS) is 14.1. The van der Waals surface area contributed by atoms with E-state index in [1.165, 1.54) is 18.3 Å². The highest BCUT2D eigenvalue weighted by Gasteiger charge is 2.26. The van der Waals surface area contributed by atoms with E-state index in [0.717, 1.165) is 5.56 Å². The molecule has 1 aromatic rings. The van der Waals surface area contributed by atoms with E-state index in [1.807, 2.05) is 13.0 Å². The second kappa shape index (κ2) is 5.79. The van der Waals surface area contributed by atoms with Crippen molar-refractivity contribution < 1.29 is 19.8 Å². The zero-order valence-corrected chi connectivity index (χ0v) is 10.5. The molecule has 1 amide bonds. The van der Waals surface area contributed by atoms with Crippen LogP contribution in [0.15, 0.2) is 11.4 Å². The summed E-state index contributed by atoms with van der Waals surface area (Å²) in [5.74, 6) is -1.70. The Hall–Kier alpha value is -1.40. The van der Waals surface area contributed by atoms with Crippen LogP contribution in [-0.2, 0) is 11.2 Å². The first-order valence-electron chi connectivity index (χ1n) is 5.25. The second-order valence-electron chi connectivity index (χ2n) is 3.66. The topological polar surface area (TPSA) is 86.6 Å². The molecule has 94 valence electrons. The highest BCUT2D eigenvalue weighted by Crippen LogP contribution is 2.17. The van der Waals surface area contributed by atoms with Crippen LogP contribution in [0.5, 0.6) is 0 Å². The minimum atomic E-state index is -1.28. The SMILES string of the molecule is CCc1ccsc1C(=O)N[C@H](C(=O)O)[C@@H](C)O. The average Bonchev–Trinajstić information content (AvgIpc) is 2.72. The number of hydrogen-bond donors (Lipinski definition) is 3. The third-order valence-corrected chi connectivity index (χ3v) is 3.32. The molecule has 0 aliphatic rings. The number of carbonyl (C=O) groups excluding carboxylic acids is 1. The van der Waals surface area contributed by atoms with Crippen LogP contribution in [0.4, 0.5) is 0 Å². The van der Waals surface area contributed by atoms with Crippen molar-refractivity contribution in [3.63, 3.8) is 0 Å². The van der Waals surface area contributed by atoms with Gasteiger partial charge in [0.1, 0.15) is 0 Å². The summed E-state index contributed by atoms with van der Waals surface area (Å²) in [6, 6.07) is 0.548. The largest absolute Gasteiger partial charge is 0.480 e. The van der Waals surface area contributed by atoms with Crippen molar-refractivity contribution in [3.05, 3.63) is 21.9 Å². The van der Waals surface area contributed by atoms with Gasteiger partial charge in [0.05, 0.1) is 11.0 Å². The van der Waals surface area contributed by atoms with E-state index in [2.05, 4.69) is 5.32 Å². The number of carbonyl (C=O) groups is 2. The minimum absolute atomic E-state index is 0.454. The Morgan fingerprint density at radius 1 is 1.53 bits per heavy atom. The van der Waals surface area contributed by atoms with Crippen LogP contribution in [0, 0.1) is 0 Å². The molecular formula is C11H15NO4S. The van der Waals surface area contributed by atoms with Crippen molar-refractivity contribution in [1.29, 1.82) is 0 Å². The van der Waals surface area contributed by atoms with Crippen molar-refractivity contribution in [2.75, 3.05) is 0 Å². The molecule has 0 spiro atoms. The maximum absolute atomic E-state index is 11.8. The molecule has 0 aliphatic heterocycles. The van der Waals surface area contributed by atoms with Crippen LogP contribution in [0.25, 0.3) is 0 Å². The number of amides is 1. The van der Waals surface area contributed by atoms with E-state index in [4.69, 9.17) is 5.11 Å². The molecule has 0 saturated heterocycles. The predicted molar refractivity (Wildman–Crippen MR) is 64.3 cm³/mol. The number of carboxylic acids is 1. The third kappa shape index (κ3) is 3.28. The second-order valence-corrected chi connectivity index (χ2v) is 4.57. The lowest BCUT2D eigenvalue weighted by Crippen LogP contribution is -2.47. The Bertz CT molecular complexity index is 413. The molecule has 0 aromatic carbocycles. The van der Waals surface area contributed by atoms with Gasteiger partial charge in [-0.15, -0.1) is 11.3 Å². The van der Waals surface area contributed by atoms with Gasteiger partial charge < -0.3 is 15.5 Å². The highest BCUT2D eigenvalue weighted by atomic mass is 32.1. The van der Waals surface area contributed by atoms with Gasteiger partial charge in [-0.25, -0.2) is 4.79 Å². The fourth-order valence-corrected chi connectivity index (χ4v) is 2.31. The molecule has 1 rings (SSSR count). The van der Waals surface area contributed by atoms with E-state index >= 15 is 0 Å². The lowest BCUT2D eigenvalue weighted by Gasteiger charge is -2.16. The molecule has 0 radical (unpaired) electrons. The van der Waals surface area contributed by atoms with Crippen LogP contribution in [0.2, 0.25) is 0 Å². The maximum atomic E-state index is 11.8. The average molecular weight is 257 g/mol. The van der Waals surface area contributed by atoms with E-state index < -0.39 is 24.0 Å². The van der Waals surface area contributed by atoms with E-state index in [9.17, 15) is 14.7 Å². The fourth-order valence-electron chi connectivity index (χ4n) is 1.41. The van der Waals surface area contributed by atoms with Crippen molar-refractivity contribution >= 4 is 23.2 Å². The van der Waals surface area contributed by atoms with Gasteiger partial charge in [0.15, 0.2) is 6.04 Å². The van der Waals surface area contributed by atoms with E-state index in [-0.39, 0.29) is 0 Å². The number of aliphatic carboxylic acids is 1. The number of thiophene rings is 1. The number of hydrogen-bond acceptors (Lipinski definition) is 4. The minimum Gasteiger partial charge on any atom is -0.480 e. The number of aliphatic hydroxyl groups excluding tert-OH is 1. The molecule has 1 heterocycles. The van der Waals surface area contributed by atoms with Gasteiger partial charge in [0.25, 0.3) is 5.91 Å². The smallest absolute Gasteiger partial charge is 0.328 e. The van der Waals surface area contributed by atoms with Gasteiger partial charge in [-0.3, -0.25) is 4.79 Å². The lowest BCUT2D eigenvalue weighted by molar-refractivity contribution is -0.141. The molecule has 17 heavy (non-hydrogen) atoms. The molecule has 1 aromatic heterocycles. The van der Waals surface area contributed by atoms with Gasteiger partial charge in [-0.2, -0.15) is 0 Å². The standard InChI is InChI=1S/C11H15NO4S/c1-3-7-4-5-17-9(7)10(14)12-8(6(2)13)11(15)16/h4-6,8,13H,3H2,1-2H3,(H,12,14)(H,15,16)/t6-,8+/m1/s1. The summed E-state index contributed by atoms with van der Waals surface area (Å²) in [7, 11) is 0. The summed E-state index contributed by atoms with van der Waals surface area (Å²) >= 11 is 1.26. The summed E-state index contributed by atoms with van der Waals surface area (Å²) in [4.78, 5) is 23.2. The molecular weight excluding hydrogens is 242 g/mol. The zero-order valence-electron chi connectivity index (χ0n) is 9.64. The fraction of sp³-hybridized carbons (Fsp3) is 0.455. The molecule has 5 nitrogen and oxygen atoms in total. The summed E-state index contributed by atoms with van der Waals surface area (Å²) < 4.78 is 0. The van der Waals surface area contributed by atoms with Gasteiger partial charge in [0, 0.05) is 0 Å². The molecule has 6 heteroatoms. The first-order valence-corrected chi connectivity index (χ1v) is 6.13. The first kappa shape index (κ1) is 13.7. The van der Waals surface area contributed by atoms with Crippen LogP contribution in [0.1, 0.15) is 29.1 Å². The quantitative estimate of drug-likeness (QED) is 0.730. The highest BCUT2D eigenvalue weighted by molar-refractivity contribution is 7.12. The molecule has 2 atom stereocenters. The third-order valence-electron chi connectivity index (χ3n) is 2.37. The number of rotatable bonds is 5. The molecule has 0 bridgehead atoms. The Balaban J connectivity index is 2.81. The van der Waals surface area contributed by atoms with Crippen LogP contribution < -0.4 is 5.32 Å². The van der Waals surface area contributed by atoms with Crippen molar-refractivity contribution in [1.82, 2.24) is 5.32 Å². The Kier molecular flexibility index (Phi) is 4.65. The van der Waals surface area contributed by atoms with Crippen molar-refractivity contribution in [3.8, 4) is 0 Å². The Morgan fingerprint density at radius 2 is 2.18 bits per heavy atom. The van der Waals surface area contributed by atoms with E-state index in [0.29, 0.717) is 11.3 Å². The Morgan fingerprint density at radius 3 is 2.65 bits per heavy atom. The van der Waals surface area contributed by atoms with Gasteiger partial charge in [-0.05, 0) is 30.4 Å². The molecule has 0 fully saturated rings. The zero-order chi connectivity index (χ0) is 13.0. The van der Waals surface area contributed by atoms with E-state index in [1.54, 1.807) is 5.38 Å². The van der Waals surface area contributed by atoms with Gasteiger partial charge >= 0.3 is 5.97 Å².